The van der Waals surface area contributed by atoms with Crippen LogP contribution in [0.5, 0.6) is 0 Å². The minimum absolute atomic E-state index is 0.00108. The maximum atomic E-state index is 14.0. The van der Waals surface area contributed by atoms with E-state index >= 15 is 0 Å². The van der Waals surface area contributed by atoms with Gasteiger partial charge in [0.15, 0.2) is 5.13 Å². The molecule has 202 valence electrons. The second kappa shape index (κ2) is 11.0. The van der Waals surface area contributed by atoms with Crippen molar-refractivity contribution < 1.29 is 4.39 Å². The Kier molecular flexibility index (Phi) is 7.15. The molecule has 40 heavy (non-hydrogen) atoms. The Balaban J connectivity index is 1.36. The van der Waals surface area contributed by atoms with Crippen molar-refractivity contribution >= 4 is 11.3 Å². The predicted molar refractivity (Wildman–Crippen MR) is 156 cm³/mol. The Bertz CT molecular complexity index is 1720. The molecule has 0 saturated carbocycles. The van der Waals surface area contributed by atoms with E-state index in [1.165, 1.54) is 12.1 Å². The highest BCUT2D eigenvalue weighted by atomic mass is 32.1. The van der Waals surface area contributed by atoms with Gasteiger partial charge in [-0.2, -0.15) is 5.10 Å². The summed E-state index contributed by atoms with van der Waals surface area (Å²) in [7, 11) is 2.07. The molecule has 1 unspecified atom stereocenters. The Labute approximate surface area is 236 Å². The number of halogens is 1. The van der Waals surface area contributed by atoms with Crippen LogP contribution < -0.4 is 0 Å². The van der Waals surface area contributed by atoms with E-state index in [1.54, 1.807) is 22.1 Å². The van der Waals surface area contributed by atoms with Gasteiger partial charge in [0.2, 0.25) is 0 Å². The third-order valence-corrected chi connectivity index (χ3v) is 8.19. The maximum absolute atomic E-state index is 14.0. The van der Waals surface area contributed by atoms with Gasteiger partial charge in [-0.25, -0.2) is 19.0 Å². The minimum Gasteiger partial charge on any atom is -0.330 e. The number of imidazole rings is 1. The van der Waals surface area contributed by atoms with Gasteiger partial charge >= 0.3 is 0 Å². The highest BCUT2D eigenvalue weighted by Crippen LogP contribution is 2.30. The van der Waals surface area contributed by atoms with Gasteiger partial charge in [0.05, 0.1) is 30.3 Å². The first kappa shape index (κ1) is 25.9. The molecule has 0 spiro atoms. The molecule has 4 heterocycles. The number of rotatable bonds is 9. The van der Waals surface area contributed by atoms with Gasteiger partial charge in [-0.1, -0.05) is 36.4 Å². The first-order chi connectivity index (χ1) is 19.5. The predicted octanol–water partition coefficient (Wildman–Crippen LogP) is 6.73. The third kappa shape index (κ3) is 5.01. The summed E-state index contributed by atoms with van der Waals surface area (Å²) >= 11 is 1.61. The van der Waals surface area contributed by atoms with Gasteiger partial charge in [0, 0.05) is 54.4 Å². The Morgan fingerprint density at radius 1 is 0.975 bits per heavy atom. The smallest absolute Gasteiger partial charge is 0.193 e. The number of nitrogens with zero attached hydrogens (tertiary/aromatic N) is 7. The van der Waals surface area contributed by atoms with E-state index < -0.39 is 0 Å². The molecule has 0 bridgehead atoms. The van der Waals surface area contributed by atoms with E-state index in [4.69, 9.17) is 4.98 Å². The summed E-state index contributed by atoms with van der Waals surface area (Å²) in [4.78, 5) is 11.8. The molecule has 0 amide bonds. The molecule has 0 aliphatic rings. The summed E-state index contributed by atoms with van der Waals surface area (Å²) in [5.41, 5.74) is 6.10. The number of aromatic nitrogens is 6. The van der Waals surface area contributed by atoms with E-state index in [0.29, 0.717) is 18.8 Å². The van der Waals surface area contributed by atoms with E-state index in [2.05, 4.69) is 68.6 Å². The fraction of sp³-hybridized carbons (Fsp3) is 0.194. The van der Waals surface area contributed by atoms with E-state index in [1.807, 2.05) is 55.2 Å². The van der Waals surface area contributed by atoms with Crippen LogP contribution in [0.1, 0.15) is 35.7 Å². The average Bonchev–Trinajstić information content (AvgIpc) is 3.77. The fourth-order valence-electron chi connectivity index (χ4n) is 5.16. The third-order valence-electron chi connectivity index (χ3n) is 7.42. The lowest BCUT2D eigenvalue weighted by Gasteiger charge is -2.29. The Morgan fingerprint density at radius 2 is 1.82 bits per heavy atom. The van der Waals surface area contributed by atoms with Crippen LogP contribution in [0.3, 0.4) is 0 Å². The normalized spacial score (nSPS) is 12.3. The second-order valence-corrected chi connectivity index (χ2v) is 10.7. The summed E-state index contributed by atoms with van der Waals surface area (Å²) in [6.07, 6.45) is 7.72. The van der Waals surface area contributed by atoms with Crippen LogP contribution in [0.15, 0.2) is 96.9 Å². The summed E-state index contributed by atoms with van der Waals surface area (Å²) in [6, 6.07) is 21.0. The quantitative estimate of drug-likeness (QED) is 0.200. The monoisotopic (exact) mass is 551 g/mol. The zero-order chi connectivity index (χ0) is 27.6. The molecule has 2 aromatic carbocycles. The van der Waals surface area contributed by atoms with Crippen molar-refractivity contribution in [2.24, 2.45) is 7.05 Å². The van der Waals surface area contributed by atoms with Crippen LogP contribution in [0.4, 0.5) is 4.39 Å². The van der Waals surface area contributed by atoms with Crippen molar-refractivity contribution in [1.29, 1.82) is 0 Å². The van der Waals surface area contributed by atoms with E-state index in [-0.39, 0.29) is 11.9 Å². The first-order valence-corrected chi connectivity index (χ1v) is 14.0. The van der Waals surface area contributed by atoms with Crippen LogP contribution in [0, 0.1) is 12.7 Å². The molecule has 7 nitrogen and oxygen atoms in total. The van der Waals surface area contributed by atoms with Crippen molar-refractivity contribution in [2.45, 2.75) is 33.0 Å². The van der Waals surface area contributed by atoms with Gasteiger partial charge in [-0.15, -0.1) is 11.3 Å². The summed E-state index contributed by atoms with van der Waals surface area (Å²) in [5, 5.41) is 7.57. The van der Waals surface area contributed by atoms with Crippen molar-refractivity contribution in [3.8, 4) is 22.1 Å². The first-order valence-electron chi connectivity index (χ1n) is 13.2. The molecule has 0 aliphatic carbocycles. The molecule has 6 rings (SSSR count). The van der Waals surface area contributed by atoms with Crippen molar-refractivity contribution in [3.63, 3.8) is 0 Å². The Hall–Kier alpha value is -4.34. The van der Waals surface area contributed by atoms with Gasteiger partial charge in [-0.3, -0.25) is 9.47 Å². The summed E-state index contributed by atoms with van der Waals surface area (Å²) < 4.78 is 20.1. The molecule has 0 aliphatic heterocycles. The molecule has 4 aromatic heterocycles. The largest absolute Gasteiger partial charge is 0.330 e. The van der Waals surface area contributed by atoms with Gasteiger partial charge in [0.1, 0.15) is 11.6 Å². The van der Waals surface area contributed by atoms with Gasteiger partial charge in [-0.05, 0) is 49.7 Å². The number of thiazole rings is 1. The Morgan fingerprint density at radius 3 is 2.60 bits per heavy atom. The highest BCUT2D eigenvalue weighted by molar-refractivity contribution is 7.12. The minimum atomic E-state index is -0.282. The molecular formula is C31H30FN7S. The molecule has 0 fully saturated rings. The SMILES string of the molecule is Cc1c(C(C)N(Cc2cccn2-c2nccs2)Cc2ncc(-c3ccccc3)n2C)cnn1-c1cccc(F)c1. The van der Waals surface area contributed by atoms with Crippen LogP contribution in [-0.4, -0.2) is 33.8 Å². The van der Waals surface area contributed by atoms with Crippen molar-refractivity contribution in [1.82, 2.24) is 33.8 Å². The molecule has 0 radical (unpaired) electrons. The standard InChI is InChI=1S/C31H30FN7S/c1-22(28-18-35-39(23(28)2)26-12-7-11-25(32)17-26)37(20-27-13-8-15-38(27)31-33-14-16-40-31)21-30-34-19-29(36(30)3)24-9-5-4-6-10-24/h4-19,22H,20-21H2,1-3H3. The molecule has 9 heteroatoms. The summed E-state index contributed by atoms with van der Waals surface area (Å²) in [5.74, 6) is 0.684. The van der Waals surface area contributed by atoms with Crippen LogP contribution in [0.25, 0.3) is 22.1 Å². The lowest BCUT2D eigenvalue weighted by Crippen LogP contribution is -2.29. The molecule has 0 N–H and O–H groups in total. The van der Waals surface area contributed by atoms with E-state index in [9.17, 15) is 4.39 Å². The average molecular weight is 552 g/mol. The van der Waals surface area contributed by atoms with E-state index in [0.717, 1.165) is 39.2 Å². The maximum Gasteiger partial charge on any atom is 0.193 e. The number of hydrogen-bond donors (Lipinski definition) is 0. The summed E-state index contributed by atoms with van der Waals surface area (Å²) in [6.45, 7) is 5.52. The fourth-order valence-corrected chi connectivity index (χ4v) is 5.81. The molecule has 1 atom stereocenters. The zero-order valence-corrected chi connectivity index (χ0v) is 23.5. The lowest BCUT2D eigenvalue weighted by atomic mass is 10.1. The number of benzene rings is 2. The molecular weight excluding hydrogens is 521 g/mol. The number of hydrogen-bond acceptors (Lipinski definition) is 5. The van der Waals surface area contributed by atoms with Crippen LogP contribution in [-0.2, 0) is 20.1 Å². The topological polar surface area (TPSA) is 56.7 Å². The molecule has 6 aromatic rings. The van der Waals surface area contributed by atoms with Gasteiger partial charge in [0.25, 0.3) is 0 Å². The van der Waals surface area contributed by atoms with Crippen molar-refractivity contribution in [2.75, 3.05) is 0 Å². The highest BCUT2D eigenvalue weighted by Gasteiger charge is 2.24. The van der Waals surface area contributed by atoms with Gasteiger partial charge < -0.3 is 4.57 Å². The lowest BCUT2D eigenvalue weighted by molar-refractivity contribution is 0.181. The van der Waals surface area contributed by atoms with Crippen LogP contribution in [0.2, 0.25) is 0 Å². The zero-order valence-electron chi connectivity index (χ0n) is 22.6. The van der Waals surface area contributed by atoms with Crippen LogP contribution >= 0.6 is 11.3 Å². The van der Waals surface area contributed by atoms with Crippen molar-refractivity contribution in [3.05, 3.63) is 125 Å². The molecule has 0 saturated heterocycles. The second-order valence-electron chi connectivity index (χ2n) is 9.83.